The Kier molecular flexibility index (Phi) is 15.3. The lowest BCUT2D eigenvalue weighted by Gasteiger charge is -2.60. The second kappa shape index (κ2) is 20.6. The Hall–Kier alpha value is -4.64. The van der Waals surface area contributed by atoms with Crippen molar-refractivity contribution in [1.82, 2.24) is 4.90 Å². The van der Waals surface area contributed by atoms with Crippen molar-refractivity contribution in [2.45, 2.75) is 103 Å². The van der Waals surface area contributed by atoms with E-state index >= 15 is 0 Å². The van der Waals surface area contributed by atoms with Crippen molar-refractivity contribution >= 4 is 11.6 Å². The van der Waals surface area contributed by atoms with E-state index in [2.05, 4.69) is 51.6 Å². The molecule has 6 rings (SSSR count). The molecule has 3 aromatic rings. The first-order valence-electron chi connectivity index (χ1n) is 21.6. The number of oxime groups is 1. The predicted octanol–water partition coefficient (Wildman–Crippen LogP) is 9.24. The number of allylic oxidation sites excluding steroid dienone is 1. The average molecular weight is 809 g/mol. The minimum Gasteiger partial charge on any atom is -0.497 e. The molecule has 0 saturated heterocycles. The second-order valence-corrected chi connectivity index (χ2v) is 16.2. The van der Waals surface area contributed by atoms with Crippen LogP contribution in [0.5, 0.6) is 23.0 Å². The molecule has 10 nitrogen and oxygen atoms in total. The largest absolute Gasteiger partial charge is 0.497 e. The summed E-state index contributed by atoms with van der Waals surface area (Å²) in [5, 5.41) is 24.7. The normalized spacial score (nSPS) is 23.7. The van der Waals surface area contributed by atoms with Crippen molar-refractivity contribution in [3.05, 3.63) is 107 Å². The molecule has 59 heavy (non-hydrogen) atoms. The first-order chi connectivity index (χ1) is 28.7. The number of rotatable bonds is 21. The van der Waals surface area contributed by atoms with Crippen LogP contribution in [0.15, 0.2) is 90.1 Å². The molecule has 1 heterocycles. The van der Waals surface area contributed by atoms with Crippen molar-refractivity contribution in [3.8, 4) is 23.0 Å². The number of aliphatic hydroxyl groups excluding tert-OH is 2. The van der Waals surface area contributed by atoms with Crippen LogP contribution in [0.2, 0.25) is 0 Å². The number of unbranched alkanes of at least 4 members (excludes halogenated alkanes) is 2. The number of fused-ring (bicyclic) bond motifs is 2. The molecule has 0 bridgehead atoms. The van der Waals surface area contributed by atoms with Crippen molar-refractivity contribution in [1.29, 1.82) is 0 Å². The van der Waals surface area contributed by atoms with Crippen molar-refractivity contribution in [2.24, 2.45) is 22.9 Å². The van der Waals surface area contributed by atoms with Gasteiger partial charge in [-0.15, -0.1) is 6.58 Å². The number of methoxy groups -OCH3 is 1. The van der Waals surface area contributed by atoms with Crippen LogP contribution in [0.25, 0.3) is 0 Å². The Morgan fingerprint density at radius 1 is 0.966 bits per heavy atom. The monoisotopic (exact) mass is 808 g/mol. The SMILES string of the molecule is C=CCO[C@@]12Oc3ccc(Oc4ccc(C)c(C)c4)cc3[C@H]3[C@H](CCCCO)[C@@H](CCCCO)C=C(C(=NOCC)C[C@@H]1N(CCC)C(=O)Cc1cccc(OC)c1)[C@H]32. The molecule has 2 N–H and O–H groups in total. The van der Waals surface area contributed by atoms with Crippen LogP contribution < -0.4 is 14.2 Å². The molecule has 1 fully saturated rings. The number of hydrogen-bond acceptors (Lipinski definition) is 9. The van der Waals surface area contributed by atoms with E-state index < -0.39 is 11.8 Å². The van der Waals surface area contributed by atoms with Gasteiger partial charge in [0.15, 0.2) is 0 Å². The summed E-state index contributed by atoms with van der Waals surface area (Å²) >= 11 is 0. The summed E-state index contributed by atoms with van der Waals surface area (Å²) in [6.07, 6.45) is 10.2. The highest BCUT2D eigenvalue weighted by molar-refractivity contribution is 6.03. The lowest BCUT2D eigenvalue weighted by atomic mass is 9.55. The van der Waals surface area contributed by atoms with E-state index in [4.69, 9.17) is 28.9 Å². The number of carbonyl (C=O) groups is 1. The van der Waals surface area contributed by atoms with Gasteiger partial charge >= 0.3 is 0 Å². The van der Waals surface area contributed by atoms with Gasteiger partial charge < -0.3 is 38.9 Å². The highest BCUT2D eigenvalue weighted by Crippen LogP contribution is 2.62. The standard InChI is InChI=1S/C49H64N2O8/c1-7-23-51(46(54)29-35-15-14-17-37(28-35)55-6)45-32-43(50-57-9-3)41-30-36(16-10-12-24-52)40(18-11-13-25-53)47-42-31-39(58-38-20-19-33(4)34(5)27-38)21-22-44(42)59-49(45,48(41)47)56-26-8-2/h8,14-15,17,19-22,27-28,30-31,36,40,45,47-48,52-53H,2,7,9-13,16,18,23-26,29,32H2,1,3-6H3/t36-,40+,45-,47+,48+,49+/m0/s1. The number of benzene rings is 3. The third-order valence-corrected chi connectivity index (χ3v) is 12.3. The van der Waals surface area contributed by atoms with E-state index in [1.54, 1.807) is 13.2 Å². The lowest BCUT2D eigenvalue weighted by Crippen LogP contribution is -2.70. The zero-order chi connectivity index (χ0) is 41.9. The van der Waals surface area contributed by atoms with Crippen LogP contribution in [-0.4, -0.2) is 78.6 Å². The van der Waals surface area contributed by atoms with Crippen molar-refractivity contribution in [2.75, 3.05) is 40.1 Å². The summed E-state index contributed by atoms with van der Waals surface area (Å²) in [5.74, 6) is 1.20. The summed E-state index contributed by atoms with van der Waals surface area (Å²) in [5.41, 5.74) is 6.02. The molecule has 0 aromatic heterocycles. The van der Waals surface area contributed by atoms with Gasteiger partial charge in [0.2, 0.25) is 11.7 Å². The fraction of sp³-hybridized carbons (Fsp3) is 0.510. The number of nitrogens with zero attached hydrogens (tertiary/aromatic N) is 2. The predicted molar refractivity (Wildman–Crippen MR) is 231 cm³/mol. The molecular weight excluding hydrogens is 745 g/mol. The molecule has 0 spiro atoms. The highest BCUT2D eigenvalue weighted by atomic mass is 16.7. The van der Waals surface area contributed by atoms with E-state index in [9.17, 15) is 15.0 Å². The Bertz CT molecular complexity index is 1960. The number of aryl methyl sites for hydroxylation is 2. The maximum atomic E-state index is 14.8. The fourth-order valence-corrected chi connectivity index (χ4v) is 9.52. The number of carbonyl (C=O) groups excluding carboxylic acids is 1. The second-order valence-electron chi connectivity index (χ2n) is 16.2. The molecular formula is C49H64N2O8. The Morgan fingerprint density at radius 3 is 2.44 bits per heavy atom. The number of hydrogen-bond donors (Lipinski definition) is 2. The van der Waals surface area contributed by atoms with Gasteiger partial charge in [-0.3, -0.25) is 4.79 Å². The van der Waals surface area contributed by atoms with E-state index in [0.29, 0.717) is 49.7 Å². The molecule has 3 aliphatic rings. The summed E-state index contributed by atoms with van der Waals surface area (Å²) in [6.45, 7) is 13.6. The first kappa shape index (κ1) is 43.9. The van der Waals surface area contributed by atoms with Crippen molar-refractivity contribution in [3.63, 3.8) is 0 Å². The van der Waals surface area contributed by atoms with Gasteiger partial charge in [-0.2, -0.15) is 0 Å². The fourth-order valence-electron chi connectivity index (χ4n) is 9.52. The quantitative estimate of drug-likeness (QED) is 0.0622. The van der Waals surface area contributed by atoms with E-state index in [-0.39, 0.29) is 55.8 Å². The maximum absolute atomic E-state index is 14.8. The lowest BCUT2D eigenvalue weighted by molar-refractivity contribution is -0.257. The number of aliphatic hydroxyl groups is 2. The number of amides is 1. The van der Waals surface area contributed by atoms with Gasteiger partial charge in [-0.1, -0.05) is 55.3 Å². The molecule has 0 unspecified atom stereocenters. The molecule has 318 valence electrons. The van der Waals surface area contributed by atoms with Gasteiger partial charge in [0, 0.05) is 37.7 Å². The maximum Gasteiger partial charge on any atom is 0.239 e. The Morgan fingerprint density at radius 2 is 1.73 bits per heavy atom. The minimum atomic E-state index is -1.32. The van der Waals surface area contributed by atoms with E-state index in [1.165, 1.54) is 5.56 Å². The molecule has 1 aliphatic heterocycles. The summed E-state index contributed by atoms with van der Waals surface area (Å²) in [4.78, 5) is 22.7. The van der Waals surface area contributed by atoms with E-state index in [1.807, 2.05) is 54.3 Å². The summed E-state index contributed by atoms with van der Waals surface area (Å²) < 4.78 is 26.6. The molecule has 3 aromatic carbocycles. The van der Waals surface area contributed by atoms with E-state index in [0.717, 1.165) is 65.8 Å². The van der Waals surface area contributed by atoms with Gasteiger partial charge in [0.25, 0.3) is 0 Å². The molecule has 1 amide bonds. The van der Waals surface area contributed by atoms with Gasteiger partial charge in [0.1, 0.15) is 35.6 Å². The van der Waals surface area contributed by atoms with Crippen LogP contribution >= 0.6 is 0 Å². The van der Waals surface area contributed by atoms with Crippen LogP contribution in [0, 0.1) is 31.6 Å². The third-order valence-electron chi connectivity index (χ3n) is 12.3. The molecule has 6 atom stereocenters. The van der Waals surface area contributed by atoms with Gasteiger partial charge in [-0.05, 0) is 129 Å². The first-order valence-corrected chi connectivity index (χ1v) is 21.6. The van der Waals surface area contributed by atoms with Gasteiger partial charge in [0.05, 0.1) is 31.8 Å². The van der Waals surface area contributed by atoms with Crippen molar-refractivity contribution < 1.29 is 38.8 Å². The smallest absolute Gasteiger partial charge is 0.239 e. The van der Waals surface area contributed by atoms with Crippen LogP contribution in [-0.2, 0) is 20.8 Å². The molecule has 10 heteroatoms. The topological polar surface area (TPSA) is 119 Å². The van der Waals surface area contributed by atoms with Crippen LogP contribution in [0.4, 0.5) is 0 Å². The summed E-state index contributed by atoms with van der Waals surface area (Å²) in [6, 6.07) is 19.3. The Balaban J connectivity index is 1.56. The molecule has 1 saturated carbocycles. The van der Waals surface area contributed by atoms with Gasteiger partial charge in [-0.25, -0.2) is 0 Å². The van der Waals surface area contributed by atoms with Crippen LogP contribution in [0.1, 0.15) is 93.4 Å². The zero-order valence-corrected chi connectivity index (χ0v) is 35.7. The Labute approximate surface area is 350 Å². The molecule has 2 aliphatic carbocycles. The third kappa shape index (κ3) is 9.72. The average Bonchev–Trinajstić information content (AvgIpc) is 3.24. The number of ether oxygens (including phenoxy) is 4. The summed E-state index contributed by atoms with van der Waals surface area (Å²) in [7, 11) is 1.63. The minimum absolute atomic E-state index is 0.0462. The highest BCUT2D eigenvalue weighted by Gasteiger charge is 2.65. The molecule has 0 radical (unpaired) electrons. The van der Waals surface area contributed by atoms with Crippen LogP contribution in [0.3, 0.4) is 0 Å². The zero-order valence-electron chi connectivity index (χ0n) is 35.7.